The van der Waals surface area contributed by atoms with Crippen LogP contribution in [0.2, 0.25) is 5.02 Å². The van der Waals surface area contributed by atoms with E-state index >= 15 is 0 Å². The summed E-state index contributed by atoms with van der Waals surface area (Å²) in [5.74, 6) is -0.209. The molecule has 1 aliphatic rings. The fourth-order valence-electron chi connectivity index (χ4n) is 4.02. The average molecular weight is 391 g/mol. The molecule has 0 aromatic heterocycles. The Morgan fingerprint density at radius 1 is 0.964 bits per heavy atom. The first-order chi connectivity index (χ1) is 13.6. The van der Waals surface area contributed by atoms with Crippen molar-refractivity contribution in [3.05, 3.63) is 93.5 Å². The van der Waals surface area contributed by atoms with Crippen molar-refractivity contribution >= 4 is 17.6 Å². The SMILES string of the molecule is COC(=O)Cc1ccc(Cc2cc(-c3cccc(Cl)c3)cc3c2CCC3)cc1. The van der Waals surface area contributed by atoms with Crippen LogP contribution in [0.5, 0.6) is 0 Å². The van der Waals surface area contributed by atoms with Gasteiger partial charge in [-0.05, 0) is 76.8 Å². The van der Waals surface area contributed by atoms with E-state index in [2.05, 4.69) is 30.3 Å². The molecule has 4 rings (SSSR count). The second-order valence-corrected chi connectivity index (χ2v) is 7.82. The molecule has 0 aliphatic heterocycles. The minimum absolute atomic E-state index is 0.209. The fourth-order valence-corrected chi connectivity index (χ4v) is 4.21. The maximum absolute atomic E-state index is 11.4. The van der Waals surface area contributed by atoms with Gasteiger partial charge in [-0.25, -0.2) is 0 Å². The van der Waals surface area contributed by atoms with Crippen molar-refractivity contribution in [2.24, 2.45) is 0 Å². The Kier molecular flexibility index (Phi) is 5.50. The lowest BCUT2D eigenvalue weighted by molar-refractivity contribution is -0.139. The fraction of sp³-hybridized carbons (Fsp3) is 0.240. The highest BCUT2D eigenvalue weighted by Gasteiger charge is 2.17. The van der Waals surface area contributed by atoms with Gasteiger partial charge in [-0.15, -0.1) is 0 Å². The van der Waals surface area contributed by atoms with Crippen LogP contribution in [0.4, 0.5) is 0 Å². The van der Waals surface area contributed by atoms with Gasteiger partial charge in [-0.3, -0.25) is 4.79 Å². The number of fused-ring (bicyclic) bond motifs is 1. The predicted molar refractivity (Wildman–Crippen MR) is 114 cm³/mol. The summed E-state index contributed by atoms with van der Waals surface area (Å²) in [5.41, 5.74) is 9.00. The van der Waals surface area contributed by atoms with E-state index in [9.17, 15) is 4.79 Å². The molecule has 0 amide bonds. The number of carbonyl (C=O) groups excluding carboxylic acids is 1. The third-order valence-corrected chi connectivity index (χ3v) is 5.69. The van der Waals surface area contributed by atoms with Crippen LogP contribution in [-0.2, 0) is 35.2 Å². The van der Waals surface area contributed by atoms with Gasteiger partial charge in [-0.2, -0.15) is 0 Å². The zero-order chi connectivity index (χ0) is 19.5. The van der Waals surface area contributed by atoms with Crippen LogP contribution < -0.4 is 0 Å². The van der Waals surface area contributed by atoms with Gasteiger partial charge in [-0.1, -0.05) is 60.1 Å². The molecule has 142 valence electrons. The van der Waals surface area contributed by atoms with Gasteiger partial charge in [0, 0.05) is 5.02 Å². The Morgan fingerprint density at radius 3 is 2.50 bits per heavy atom. The number of aryl methyl sites for hydroxylation is 1. The topological polar surface area (TPSA) is 26.3 Å². The number of methoxy groups -OCH3 is 1. The Bertz CT molecular complexity index is 1010. The largest absolute Gasteiger partial charge is 0.469 e. The standard InChI is InChI=1S/C25H23ClO2/c1-28-25(27)13-18-10-8-17(9-11-18)12-22-15-21(14-20-5-3-7-24(20)22)19-4-2-6-23(26)16-19/h2,4,6,8-11,14-16H,3,5,7,12-13H2,1H3. The van der Waals surface area contributed by atoms with Gasteiger partial charge in [0.15, 0.2) is 0 Å². The van der Waals surface area contributed by atoms with E-state index < -0.39 is 0 Å². The normalized spacial score (nSPS) is 12.6. The highest BCUT2D eigenvalue weighted by Crippen LogP contribution is 2.33. The first-order valence-electron chi connectivity index (χ1n) is 9.67. The molecule has 2 nitrogen and oxygen atoms in total. The van der Waals surface area contributed by atoms with Crippen molar-refractivity contribution in [1.29, 1.82) is 0 Å². The summed E-state index contributed by atoms with van der Waals surface area (Å²) < 4.78 is 4.75. The number of hydrogen-bond acceptors (Lipinski definition) is 2. The molecule has 0 atom stereocenters. The Balaban J connectivity index is 1.63. The lowest BCUT2D eigenvalue weighted by Gasteiger charge is -2.13. The van der Waals surface area contributed by atoms with E-state index in [4.69, 9.17) is 16.3 Å². The summed E-state index contributed by atoms with van der Waals surface area (Å²) in [7, 11) is 1.42. The van der Waals surface area contributed by atoms with Crippen LogP contribution in [-0.4, -0.2) is 13.1 Å². The minimum atomic E-state index is -0.209. The van der Waals surface area contributed by atoms with E-state index in [0.29, 0.717) is 6.42 Å². The quantitative estimate of drug-likeness (QED) is 0.514. The van der Waals surface area contributed by atoms with Crippen LogP contribution in [0, 0.1) is 0 Å². The van der Waals surface area contributed by atoms with Crippen LogP contribution in [0.3, 0.4) is 0 Å². The van der Waals surface area contributed by atoms with Crippen LogP contribution in [0.25, 0.3) is 11.1 Å². The summed E-state index contributed by atoms with van der Waals surface area (Å²) in [5, 5.41) is 0.765. The summed E-state index contributed by atoms with van der Waals surface area (Å²) in [4.78, 5) is 11.4. The molecular weight excluding hydrogens is 368 g/mol. The number of esters is 1. The number of benzene rings is 3. The van der Waals surface area contributed by atoms with Gasteiger partial charge in [0.2, 0.25) is 0 Å². The number of ether oxygens (including phenoxy) is 1. The van der Waals surface area contributed by atoms with Gasteiger partial charge in [0.25, 0.3) is 0 Å². The number of carbonyl (C=O) groups is 1. The third kappa shape index (κ3) is 4.13. The average Bonchev–Trinajstić information content (AvgIpc) is 3.18. The molecule has 0 saturated carbocycles. The summed E-state index contributed by atoms with van der Waals surface area (Å²) in [6.45, 7) is 0. The molecule has 1 aliphatic carbocycles. The highest BCUT2D eigenvalue weighted by molar-refractivity contribution is 6.30. The summed E-state index contributed by atoms with van der Waals surface area (Å²) in [6.07, 6.45) is 4.74. The third-order valence-electron chi connectivity index (χ3n) is 5.46. The molecule has 0 heterocycles. The lowest BCUT2D eigenvalue weighted by atomic mass is 9.92. The van der Waals surface area contributed by atoms with Crippen molar-refractivity contribution in [3.63, 3.8) is 0 Å². The number of halogens is 1. The molecule has 3 aromatic carbocycles. The summed E-state index contributed by atoms with van der Waals surface area (Å²) in [6, 6.07) is 21.0. The smallest absolute Gasteiger partial charge is 0.309 e. The number of rotatable bonds is 5. The minimum Gasteiger partial charge on any atom is -0.469 e. The molecule has 0 saturated heterocycles. The van der Waals surface area contributed by atoms with Crippen molar-refractivity contribution in [2.75, 3.05) is 7.11 Å². The Hall–Kier alpha value is -2.58. The zero-order valence-corrected chi connectivity index (χ0v) is 16.8. The zero-order valence-electron chi connectivity index (χ0n) is 16.0. The maximum atomic E-state index is 11.4. The molecule has 0 N–H and O–H groups in total. The van der Waals surface area contributed by atoms with Gasteiger partial charge >= 0.3 is 5.97 Å². The molecule has 0 radical (unpaired) electrons. The van der Waals surface area contributed by atoms with Gasteiger partial charge in [0.1, 0.15) is 0 Å². The highest BCUT2D eigenvalue weighted by atomic mass is 35.5. The van der Waals surface area contributed by atoms with Crippen molar-refractivity contribution < 1.29 is 9.53 Å². The van der Waals surface area contributed by atoms with Crippen molar-refractivity contribution in [1.82, 2.24) is 0 Å². The molecule has 0 bridgehead atoms. The molecule has 3 heteroatoms. The van der Waals surface area contributed by atoms with E-state index in [1.807, 2.05) is 30.3 Å². The maximum Gasteiger partial charge on any atom is 0.309 e. The second kappa shape index (κ2) is 8.20. The van der Waals surface area contributed by atoms with Gasteiger partial charge < -0.3 is 4.74 Å². The Morgan fingerprint density at radius 2 is 1.75 bits per heavy atom. The molecule has 3 aromatic rings. The summed E-state index contributed by atoms with van der Waals surface area (Å²) >= 11 is 6.21. The van der Waals surface area contributed by atoms with E-state index in [1.165, 1.54) is 41.3 Å². The molecule has 0 unspecified atom stereocenters. The van der Waals surface area contributed by atoms with Crippen LogP contribution in [0.1, 0.15) is 34.2 Å². The Labute approximate surface area is 171 Å². The first-order valence-corrected chi connectivity index (χ1v) is 10.1. The van der Waals surface area contributed by atoms with E-state index in [1.54, 1.807) is 0 Å². The number of hydrogen-bond donors (Lipinski definition) is 0. The second-order valence-electron chi connectivity index (χ2n) is 7.38. The van der Waals surface area contributed by atoms with Crippen LogP contribution >= 0.6 is 11.6 Å². The van der Waals surface area contributed by atoms with E-state index in [0.717, 1.165) is 35.4 Å². The van der Waals surface area contributed by atoms with Gasteiger partial charge in [0.05, 0.1) is 13.5 Å². The molecule has 0 fully saturated rings. The molecular formula is C25H23ClO2. The molecule has 0 spiro atoms. The monoisotopic (exact) mass is 390 g/mol. The van der Waals surface area contributed by atoms with Crippen LogP contribution in [0.15, 0.2) is 60.7 Å². The van der Waals surface area contributed by atoms with Crippen molar-refractivity contribution in [3.8, 4) is 11.1 Å². The first kappa shape index (κ1) is 18.8. The van der Waals surface area contributed by atoms with Crippen molar-refractivity contribution in [2.45, 2.75) is 32.1 Å². The predicted octanol–water partition coefficient (Wildman–Crippen LogP) is 5.80. The van der Waals surface area contributed by atoms with E-state index in [-0.39, 0.29) is 5.97 Å². The molecule has 28 heavy (non-hydrogen) atoms. The lowest BCUT2D eigenvalue weighted by Crippen LogP contribution is -2.04.